The summed E-state index contributed by atoms with van der Waals surface area (Å²) < 4.78 is 2.01. The number of rotatable bonds is 7. The van der Waals surface area contributed by atoms with Crippen LogP contribution in [0.1, 0.15) is 36.9 Å². The summed E-state index contributed by atoms with van der Waals surface area (Å²) in [4.78, 5) is 32.9. The number of carbonyl (C=O) groups excluding carboxylic acids is 2. The maximum Gasteiger partial charge on any atom is 0.223 e. The van der Waals surface area contributed by atoms with Gasteiger partial charge in [-0.2, -0.15) is 0 Å². The van der Waals surface area contributed by atoms with Crippen LogP contribution in [0.2, 0.25) is 0 Å². The second-order valence-electron chi connectivity index (χ2n) is 7.02. The topological polar surface area (TPSA) is 91.6 Å². The van der Waals surface area contributed by atoms with Crippen LogP contribution in [-0.4, -0.2) is 33.7 Å². The molecular formula is C20H22N6O2. The molecule has 3 aromatic heterocycles. The van der Waals surface area contributed by atoms with E-state index in [4.69, 9.17) is 4.98 Å². The number of fused-ring (bicyclic) bond motifs is 1. The molecule has 2 amide bonds. The average molecular weight is 378 g/mol. The van der Waals surface area contributed by atoms with Gasteiger partial charge in [0.1, 0.15) is 5.82 Å². The van der Waals surface area contributed by atoms with Crippen LogP contribution in [0.4, 0.5) is 17.2 Å². The predicted molar refractivity (Wildman–Crippen MR) is 108 cm³/mol. The predicted octanol–water partition coefficient (Wildman–Crippen LogP) is 2.77. The minimum Gasteiger partial charge on any atom is -0.379 e. The quantitative estimate of drug-likeness (QED) is 0.617. The molecule has 0 bridgehead atoms. The van der Waals surface area contributed by atoms with Gasteiger partial charge in [-0.25, -0.2) is 9.97 Å². The van der Waals surface area contributed by atoms with Gasteiger partial charge in [-0.15, -0.1) is 0 Å². The van der Waals surface area contributed by atoms with Crippen LogP contribution in [0.25, 0.3) is 5.65 Å². The maximum atomic E-state index is 11.9. The number of nitrogens with one attached hydrogen (secondary N) is 2. The number of anilines is 3. The monoisotopic (exact) mass is 378 g/mol. The Morgan fingerprint density at radius 1 is 1.36 bits per heavy atom. The van der Waals surface area contributed by atoms with Gasteiger partial charge in [0.2, 0.25) is 12.3 Å². The third-order valence-corrected chi connectivity index (χ3v) is 4.93. The lowest BCUT2D eigenvalue weighted by Gasteiger charge is -2.17. The first kappa shape index (κ1) is 18.0. The van der Waals surface area contributed by atoms with Gasteiger partial charge >= 0.3 is 0 Å². The van der Waals surface area contributed by atoms with Crippen molar-refractivity contribution < 1.29 is 9.59 Å². The number of carbonyl (C=O) groups is 2. The highest BCUT2D eigenvalue weighted by Gasteiger charge is 2.26. The number of nitrogens with zero attached hydrogens (tertiary/aromatic N) is 4. The zero-order valence-electron chi connectivity index (χ0n) is 15.8. The Balaban J connectivity index is 1.61. The summed E-state index contributed by atoms with van der Waals surface area (Å²) in [7, 11) is 1.78. The summed E-state index contributed by atoms with van der Waals surface area (Å²) in [5, 5.41) is 5.82. The van der Waals surface area contributed by atoms with E-state index in [1.54, 1.807) is 31.1 Å². The van der Waals surface area contributed by atoms with E-state index in [0.29, 0.717) is 24.7 Å². The van der Waals surface area contributed by atoms with Crippen LogP contribution in [0.15, 0.2) is 36.8 Å². The Morgan fingerprint density at radius 3 is 2.89 bits per heavy atom. The second kappa shape index (κ2) is 7.30. The van der Waals surface area contributed by atoms with E-state index < -0.39 is 0 Å². The lowest BCUT2D eigenvalue weighted by Crippen LogP contribution is -2.23. The van der Waals surface area contributed by atoms with Crippen molar-refractivity contribution >= 4 is 35.2 Å². The minimum atomic E-state index is -0.0236. The summed E-state index contributed by atoms with van der Waals surface area (Å²) >= 11 is 0. The van der Waals surface area contributed by atoms with Gasteiger partial charge in [-0.05, 0) is 36.5 Å². The molecule has 0 atom stereocenters. The molecule has 1 aliphatic rings. The molecule has 0 radical (unpaired) electrons. The molecule has 0 spiro atoms. The van der Waals surface area contributed by atoms with Crippen molar-refractivity contribution in [3.8, 4) is 0 Å². The molecule has 8 nitrogen and oxygen atoms in total. The van der Waals surface area contributed by atoms with E-state index in [2.05, 4.69) is 27.9 Å². The van der Waals surface area contributed by atoms with Gasteiger partial charge in [0.15, 0.2) is 5.65 Å². The summed E-state index contributed by atoms with van der Waals surface area (Å²) in [6.07, 6.45) is 8.70. The summed E-state index contributed by atoms with van der Waals surface area (Å²) in [6.45, 7) is 2.06. The van der Waals surface area contributed by atoms with Crippen LogP contribution in [-0.2, 0) is 16.1 Å². The minimum absolute atomic E-state index is 0.0236. The molecule has 28 heavy (non-hydrogen) atoms. The first-order valence-corrected chi connectivity index (χ1v) is 9.21. The number of imidazole rings is 1. The number of amides is 2. The van der Waals surface area contributed by atoms with E-state index in [1.807, 2.05) is 16.7 Å². The Morgan fingerprint density at radius 2 is 2.18 bits per heavy atom. The molecule has 4 rings (SSSR count). The normalized spacial score (nSPS) is 13.4. The van der Waals surface area contributed by atoms with Crippen LogP contribution in [0.3, 0.4) is 0 Å². The lowest BCUT2D eigenvalue weighted by molar-refractivity contribution is -0.116. The Bertz CT molecular complexity index is 1040. The Labute approximate surface area is 162 Å². The average Bonchev–Trinajstić information content (AvgIpc) is 3.45. The number of hydrogen-bond donors (Lipinski definition) is 2. The first-order chi connectivity index (χ1) is 13.5. The molecule has 1 saturated carbocycles. The molecule has 2 N–H and O–H groups in total. The van der Waals surface area contributed by atoms with E-state index >= 15 is 0 Å². The highest BCUT2D eigenvalue weighted by Crippen LogP contribution is 2.41. The molecule has 0 saturated heterocycles. The molecule has 1 aliphatic carbocycles. The van der Waals surface area contributed by atoms with Gasteiger partial charge in [0, 0.05) is 44.3 Å². The Hall–Kier alpha value is -3.42. The molecule has 1 fully saturated rings. The van der Waals surface area contributed by atoms with Gasteiger partial charge in [-0.1, -0.05) is 0 Å². The zero-order valence-corrected chi connectivity index (χ0v) is 15.8. The number of hydrogen-bond acceptors (Lipinski definition) is 5. The fraction of sp³-hybridized carbons (Fsp3) is 0.300. The summed E-state index contributed by atoms with van der Waals surface area (Å²) in [6, 6.07) is 5.66. The molecule has 0 unspecified atom stereocenters. The summed E-state index contributed by atoms with van der Waals surface area (Å²) in [5.41, 5.74) is 4.51. The van der Waals surface area contributed by atoms with Gasteiger partial charge in [0.05, 0.1) is 17.9 Å². The van der Waals surface area contributed by atoms with Crippen molar-refractivity contribution in [2.24, 2.45) is 0 Å². The lowest BCUT2D eigenvalue weighted by atomic mass is 10.1. The van der Waals surface area contributed by atoms with Gasteiger partial charge < -0.3 is 19.9 Å². The highest BCUT2D eigenvalue weighted by molar-refractivity contribution is 5.95. The van der Waals surface area contributed by atoms with Crippen LogP contribution < -0.4 is 15.5 Å². The zero-order chi connectivity index (χ0) is 19.7. The third kappa shape index (κ3) is 3.66. The van der Waals surface area contributed by atoms with Crippen molar-refractivity contribution in [1.82, 2.24) is 14.4 Å². The molecule has 0 aromatic carbocycles. The van der Waals surface area contributed by atoms with Crippen molar-refractivity contribution in [1.29, 1.82) is 0 Å². The fourth-order valence-electron chi connectivity index (χ4n) is 3.17. The number of aromatic nitrogens is 3. The third-order valence-electron chi connectivity index (χ3n) is 4.93. The standard InChI is InChI=1S/C20H22N6O2/c1-13(28)25(2)18-7-15(14-3-4-14)10-26-11-17(24-20(18)26)9-22-16-5-6-21-19(8-16)23-12-27/h5-8,10-12,14H,3-4,9H2,1-2H3,(H2,21,22,23,27). The van der Waals surface area contributed by atoms with E-state index in [1.165, 1.54) is 18.4 Å². The van der Waals surface area contributed by atoms with Crippen LogP contribution in [0.5, 0.6) is 0 Å². The van der Waals surface area contributed by atoms with Gasteiger partial charge in [-0.3, -0.25) is 9.59 Å². The maximum absolute atomic E-state index is 11.9. The van der Waals surface area contributed by atoms with Gasteiger partial charge in [0.25, 0.3) is 0 Å². The van der Waals surface area contributed by atoms with E-state index in [9.17, 15) is 9.59 Å². The molecule has 0 aliphatic heterocycles. The van der Waals surface area contributed by atoms with Crippen molar-refractivity contribution in [3.05, 3.63) is 48.0 Å². The molecular weight excluding hydrogens is 356 g/mol. The highest BCUT2D eigenvalue weighted by atomic mass is 16.2. The van der Waals surface area contributed by atoms with Crippen molar-refractivity contribution in [3.63, 3.8) is 0 Å². The molecule has 3 aromatic rings. The molecule has 3 heterocycles. The van der Waals surface area contributed by atoms with E-state index in [-0.39, 0.29) is 5.91 Å². The Kier molecular flexibility index (Phi) is 4.68. The summed E-state index contributed by atoms with van der Waals surface area (Å²) in [5.74, 6) is 1.03. The molecule has 8 heteroatoms. The largest absolute Gasteiger partial charge is 0.379 e. The van der Waals surface area contributed by atoms with E-state index in [0.717, 1.165) is 22.7 Å². The molecule has 144 valence electrons. The second-order valence-corrected chi connectivity index (χ2v) is 7.02. The number of pyridine rings is 2. The first-order valence-electron chi connectivity index (χ1n) is 9.21. The van der Waals surface area contributed by atoms with Crippen molar-refractivity contribution in [2.75, 3.05) is 22.6 Å². The fourth-order valence-corrected chi connectivity index (χ4v) is 3.17. The van der Waals surface area contributed by atoms with Crippen LogP contribution >= 0.6 is 0 Å². The van der Waals surface area contributed by atoms with Crippen molar-refractivity contribution in [2.45, 2.75) is 32.2 Å². The smallest absolute Gasteiger partial charge is 0.223 e. The van der Waals surface area contributed by atoms with Crippen LogP contribution in [0, 0.1) is 0 Å². The SMILES string of the molecule is CC(=O)N(C)c1cc(C2CC2)cn2cc(CNc3ccnc(NC=O)c3)nc12.